The summed E-state index contributed by atoms with van der Waals surface area (Å²) >= 11 is 0. The molecule has 0 aliphatic heterocycles. The van der Waals surface area contributed by atoms with Crippen LogP contribution in [-0.2, 0) is 19.1 Å². The number of carboxylic acids is 1. The van der Waals surface area contributed by atoms with E-state index >= 15 is 0 Å². The summed E-state index contributed by atoms with van der Waals surface area (Å²) in [5.41, 5.74) is 4.59. The van der Waals surface area contributed by atoms with Gasteiger partial charge >= 0.3 is 12.1 Å². The van der Waals surface area contributed by atoms with E-state index in [1.165, 1.54) is 0 Å². The Hall–Kier alpha value is -3.39. The Bertz CT molecular complexity index is 900. The number of nitrogens with one attached hydrogen (secondary N) is 2. The van der Waals surface area contributed by atoms with Crippen LogP contribution in [0.5, 0.6) is 0 Å². The molecule has 8 nitrogen and oxygen atoms in total. The van der Waals surface area contributed by atoms with Gasteiger partial charge in [-0.1, -0.05) is 55.5 Å². The number of ether oxygens (including phenoxy) is 2. The summed E-state index contributed by atoms with van der Waals surface area (Å²) in [6.07, 6.45) is -0.281. The fourth-order valence-electron chi connectivity index (χ4n) is 3.61. The van der Waals surface area contributed by atoms with E-state index in [4.69, 9.17) is 14.6 Å². The number of carbonyl (C=O) groups is 3. The zero-order valence-electron chi connectivity index (χ0n) is 17.3. The first-order chi connectivity index (χ1) is 15.0. The second kappa shape index (κ2) is 10.6. The number of benzene rings is 2. The first-order valence-electron chi connectivity index (χ1n) is 10.2. The minimum absolute atomic E-state index is 0.0150. The van der Waals surface area contributed by atoms with Gasteiger partial charge in [0, 0.05) is 12.5 Å². The van der Waals surface area contributed by atoms with E-state index in [1.54, 1.807) is 6.92 Å². The molecule has 164 valence electrons. The number of aliphatic carboxylic acids is 1. The number of hydrogen-bond donors (Lipinski definition) is 3. The lowest BCUT2D eigenvalue weighted by Crippen LogP contribution is -2.42. The molecule has 0 saturated heterocycles. The van der Waals surface area contributed by atoms with Crippen molar-refractivity contribution >= 4 is 18.0 Å². The van der Waals surface area contributed by atoms with Crippen LogP contribution in [0.2, 0.25) is 0 Å². The van der Waals surface area contributed by atoms with Gasteiger partial charge in [-0.25, -0.2) is 9.59 Å². The van der Waals surface area contributed by atoms with E-state index in [9.17, 15) is 14.4 Å². The number of alkyl carbamates (subject to hydrolysis) is 1. The molecule has 0 radical (unpaired) electrons. The van der Waals surface area contributed by atoms with Crippen molar-refractivity contribution in [2.75, 3.05) is 26.4 Å². The predicted molar refractivity (Wildman–Crippen MR) is 114 cm³/mol. The van der Waals surface area contributed by atoms with Crippen LogP contribution in [-0.4, -0.2) is 55.5 Å². The number of fused-ring (bicyclic) bond motifs is 3. The van der Waals surface area contributed by atoms with E-state index in [1.807, 2.05) is 36.4 Å². The monoisotopic (exact) mass is 426 g/mol. The summed E-state index contributed by atoms with van der Waals surface area (Å²) in [5.74, 6) is -1.62. The van der Waals surface area contributed by atoms with Gasteiger partial charge in [0.2, 0.25) is 5.91 Å². The van der Waals surface area contributed by atoms with Gasteiger partial charge in [0.05, 0.1) is 6.61 Å². The second-order valence-corrected chi connectivity index (χ2v) is 7.17. The van der Waals surface area contributed by atoms with Gasteiger partial charge in [-0.2, -0.15) is 0 Å². The molecular weight excluding hydrogens is 400 g/mol. The molecule has 2 aromatic rings. The van der Waals surface area contributed by atoms with Crippen molar-refractivity contribution in [1.82, 2.24) is 10.6 Å². The van der Waals surface area contributed by atoms with E-state index in [2.05, 4.69) is 22.8 Å². The average Bonchev–Trinajstić information content (AvgIpc) is 3.09. The Morgan fingerprint density at radius 2 is 1.65 bits per heavy atom. The number of carbonyl (C=O) groups excluding carboxylic acids is 2. The van der Waals surface area contributed by atoms with Gasteiger partial charge in [0.15, 0.2) is 0 Å². The van der Waals surface area contributed by atoms with Crippen molar-refractivity contribution in [1.29, 1.82) is 0 Å². The Morgan fingerprint density at radius 1 is 1.03 bits per heavy atom. The molecule has 0 heterocycles. The van der Waals surface area contributed by atoms with Crippen molar-refractivity contribution in [3.63, 3.8) is 0 Å². The van der Waals surface area contributed by atoms with Gasteiger partial charge in [0.1, 0.15) is 19.3 Å². The zero-order chi connectivity index (χ0) is 22.2. The van der Waals surface area contributed by atoms with E-state index < -0.39 is 24.0 Å². The van der Waals surface area contributed by atoms with Crippen LogP contribution in [0.1, 0.15) is 30.4 Å². The third-order valence-electron chi connectivity index (χ3n) is 5.13. The van der Waals surface area contributed by atoms with Crippen LogP contribution in [0.4, 0.5) is 4.79 Å². The van der Waals surface area contributed by atoms with Gasteiger partial charge in [-0.15, -0.1) is 0 Å². The molecule has 1 atom stereocenters. The molecule has 2 aromatic carbocycles. The third-order valence-corrected chi connectivity index (χ3v) is 5.13. The third kappa shape index (κ3) is 5.61. The summed E-state index contributed by atoms with van der Waals surface area (Å²) in [6.45, 7) is 1.87. The van der Waals surface area contributed by atoms with E-state index in [0.29, 0.717) is 0 Å². The Kier molecular flexibility index (Phi) is 7.61. The molecule has 1 aliphatic rings. The SMILES string of the molecule is CC[C@@H](NC(=O)COCCNC(=O)OCC1c2ccccc2-c2ccccc21)C(=O)O. The maximum absolute atomic E-state index is 12.0. The number of rotatable bonds is 10. The molecule has 0 bridgehead atoms. The Morgan fingerprint density at radius 3 is 2.23 bits per heavy atom. The molecule has 3 rings (SSSR count). The summed E-state index contributed by atoms with van der Waals surface area (Å²) in [4.78, 5) is 34.6. The van der Waals surface area contributed by atoms with Crippen LogP contribution >= 0.6 is 0 Å². The quantitative estimate of drug-likeness (QED) is 0.503. The predicted octanol–water partition coefficient (Wildman–Crippen LogP) is 2.52. The normalized spacial score (nSPS) is 13.1. The lowest BCUT2D eigenvalue weighted by molar-refractivity contribution is -0.142. The number of amides is 2. The smallest absolute Gasteiger partial charge is 0.407 e. The summed E-state index contributed by atoms with van der Waals surface area (Å²) in [7, 11) is 0. The van der Waals surface area contributed by atoms with Crippen LogP contribution in [0.15, 0.2) is 48.5 Å². The minimum Gasteiger partial charge on any atom is -0.480 e. The first kappa shape index (κ1) is 22.3. The van der Waals surface area contributed by atoms with Crippen molar-refractivity contribution in [3.05, 3.63) is 59.7 Å². The molecule has 0 aromatic heterocycles. The molecule has 0 unspecified atom stereocenters. The van der Waals surface area contributed by atoms with Crippen LogP contribution in [0.3, 0.4) is 0 Å². The zero-order valence-corrected chi connectivity index (χ0v) is 17.3. The summed E-state index contributed by atoms with van der Waals surface area (Å²) < 4.78 is 10.6. The Balaban J connectivity index is 1.39. The van der Waals surface area contributed by atoms with Crippen LogP contribution < -0.4 is 10.6 Å². The first-order valence-corrected chi connectivity index (χ1v) is 10.2. The minimum atomic E-state index is -1.09. The van der Waals surface area contributed by atoms with Crippen molar-refractivity contribution in [3.8, 4) is 11.1 Å². The summed E-state index contributed by atoms with van der Waals surface area (Å²) in [5, 5.41) is 13.9. The molecule has 0 saturated carbocycles. The lowest BCUT2D eigenvalue weighted by atomic mass is 9.98. The average molecular weight is 426 g/mol. The molecular formula is C23H26N2O6. The number of hydrogen-bond acceptors (Lipinski definition) is 5. The van der Waals surface area contributed by atoms with Crippen molar-refractivity contribution in [2.24, 2.45) is 0 Å². The second-order valence-electron chi connectivity index (χ2n) is 7.17. The highest BCUT2D eigenvalue weighted by molar-refractivity contribution is 5.84. The Labute approximate surface area is 180 Å². The highest BCUT2D eigenvalue weighted by Crippen LogP contribution is 2.44. The topological polar surface area (TPSA) is 114 Å². The summed E-state index contributed by atoms with van der Waals surface area (Å²) in [6, 6.07) is 15.2. The molecule has 31 heavy (non-hydrogen) atoms. The van der Waals surface area contributed by atoms with Gasteiger partial charge < -0.3 is 25.2 Å². The van der Waals surface area contributed by atoms with Gasteiger partial charge in [-0.05, 0) is 28.7 Å². The molecule has 2 amide bonds. The van der Waals surface area contributed by atoms with Crippen LogP contribution in [0, 0.1) is 0 Å². The largest absolute Gasteiger partial charge is 0.480 e. The van der Waals surface area contributed by atoms with Crippen LogP contribution in [0.25, 0.3) is 11.1 Å². The molecule has 8 heteroatoms. The maximum Gasteiger partial charge on any atom is 0.407 e. The molecule has 0 fully saturated rings. The number of carboxylic acid groups (broad SMARTS) is 1. The van der Waals surface area contributed by atoms with Gasteiger partial charge in [0.25, 0.3) is 0 Å². The van der Waals surface area contributed by atoms with Gasteiger partial charge in [-0.3, -0.25) is 4.79 Å². The highest BCUT2D eigenvalue weighted by Gasteiger charge is 2.28. The molecule has 3 N–H and O–H groups in total. The lowest BCUT2D eigenvalue weighted by Gasteiger charge is -2.15. The van der Waals surface area contributed by atoms with E-state index in [-0.39, 0.29) is 38.7 Å². The van der Waals surface area contributed by atoms with Crippen molar-refractivity contribution < 1.29 is 29.0 Å². The highest BCUT2D eigenvalue weighted by atomic mass is 16.5. The molecule has 0 spiro atoms. The van der Waals surface area contributed by atoms with Crippen molar-refractivity contribution in [2.45, 2.75) is 25.3 Å². The van der Waals surface area contributed by atoms with E-state index in [0.717, 1.165) is 22.3 Å². The maximum atomic E-state index is 12.0. The fraction of sp³-hybridized carbons (Fsp3) is 0.348. The standard InChI is InChI=1S/C23H26N2O6/c1-2-20(22(27)28)25-21(26)14-30-12-11-24-23(29)31-13-19-17-9-5-3-7-15(17)16-8-4-6-10-18(16)19/h3-10,19-20H,2,11-14H2,1H3,(H,24,29)(H,25,26)(H,27,28)/t20-/m1/s1. The fourth-order valence-corrected chi connectivity index (χ4v) is 3.61. The molecule has 1 aliphatic carbocycles.